The normalized spacial score (nSPS) is 33.4. The van der Waals surface area contributed by atoms with Gasteiger partial charge in [0.05, 0.1) is 0 Å². The number of carbonyl (C=O) groups is 1. The van der Waals surface area contributed by atoms with E-state index in [0.29, 0.717) is 5.92 Å². The van der Waals surface area contributed by atoms with Gasteiger partial charge in [-0.05, 0) is 32.7 Å². The first kappa shape index (κ1) is 17.2. The standard InChI is InChI=1S/C16H27N3O2S/c1-5-6-15-7-8-19(10-15)9-12(2)16-17-13(3)11-22(16,21)18-14(4)20/h5-6,11-12,15,21H,7-10H2,1-4H3,(H,18,20)/b6-5-. The fourth-order valence-electron chi connectivity index (χ4n) is 3.22. The summed E-state index contributed by atoms with van der Waals surface area (Å²) in [5.74, 6) is 0.520. The predicted octanol–water partition coefficient (Wildman–Crippen LogP) is 3.12. The third-order valence-electron chi connectivity index (χ3n) is 3.97. The summed E-state index contributed by atoms with van der Waals surface area (Å²) in [5.41, 5.74) is 0.779. The second kappa shape index (κ2) is 6.98. The molecule has 2 heterocycles. The molecule has 124 valence electrons. The number of carbonyl (C=O) groups excluding carboxylic acids is 1. The molecule has 0 aromatic rings. The zero-order valence-corrected chi connectivity index (χ0v) is 14.7. The maximum Gasteiger partial charge on any atom is 0.227 e. The minimum Gasteiger partial charge on any atom is -0.324 e. The van der Waals surface area contributed by atoms with Gasteiger partial charge in [-0.3, -0.25) is 9.52 Å². The molecule has 0 aromatic carbocycles. The monoisotopic (exact) mass is 325 g/mol. The van der Waals surface area contributed by atoms with Crippen molar-refractivity contribution in [3.63, 3.8) is 0 Å². The lowest BCUT2D eigenvalue weighted by Crippen LogP contribution is -2.36. The van der Waals surface area contributed by atoms with Gasteiger partial charge in [0.15, 0.2) is 0 Å². The van der Waals surface area contributed by atoms with Crippen molar-refractivity contribution in [2.24, 2.45) is 16.8 Å². The number of likely N-dealkylation sites (tertiary alicyclic amines) is 1. The van der Waals surface area contributed by atoms with Crippen molar-refractivity contribution in [1.29, 1.82) is 0 Å². The Bertz CT molecular complexity index is 529. The number of nitrogens with one attached hydrogen (secondary N) is 1. The number of hydrogen-bond donors (Lipinski definition) is 2. The molecule has 5 nitrogen and oxygen atoms in total. The molecule has 3 atom stereocenters. The summed E-state index contributed by atoms with van der Waals surface area (Å²) < 4.78 is 13.5. The van der Waals surface area contributed by atoms with Crippen LogP contribution in [0.2, 0.25) is 0 Å². The van der Waals surface area contributed by atoms with Gasteiger partial charge in [-0.1, -0.05) is 19.1 Å². The van der Waals surface area contributed by atoms with Gasteiger partial charge in [0.1, 0.15) is 5.04 Å². The third-order valence-corrected chi connectivity index (χ3v) is 6.39. The summed E-state index contributed by atoms with van der Waals surface area (Å²) >= 11 is 0. The number of nitrogens with zero attached hydrogens (tertiary/aromatic N) is 2. The minimum absolute atomic E-state index is 0.116. The fraction of sp³-hybridized carbons (Fsp3) is 0.625. The van der Waals surface area contributed by atoms with Gasteiger partial charge in [-0.2, -0.15) is 0 Å². The van der Waals surface area contributed by atoms with E-state index in [0.717, 1.165) is 30.4 Å². The van der Waals surface area contributed by atoms with Crippen LogP contribution in [0, 0.1) is 11.8 Å². The van der Waals surface area contributed by atoms with E-state index in [9.17, 15) is 9.35 Å². The van der Waals surface area contributed by atoms with E-state index in [-0.39, 0.29) is 11.8 Å². The maximum atomic E-state index is 11.4. The second-order valence-electron chi connectivity index (χ2n) is 6.23. The van der Waals surface area contributed by atoms with Gasteiger partial charge < -0.3 is 9.45 Å². The van der Waals surface area contributed by atoms with Gasteiger partial charge >= 0.3 is 0 Å². The van der Waals surface area contributed by atoms with Crippen LogP contribution in [0.5, 0.6) is 0 Å². The largest absolute Gasteiger partial charge is 0.324 e. The van der Waals surface area contributed by atoms with Gasteiger partial charge in [-0.15, -0.1) is 0 Å². The Morgan fingerprint density at radius 1 is 1.68 bits per heavy atom. The second-order valence-corrected chi connectivity index (χ2v) is 8.34. The van der Waals surface area contributed by atoms with Crippen molar-refractivity contribution >= 4 is 21.4 Å². The Morgan fingerprint density at radius 2 is 2.41 bits per heavy atom. The van der Waals surface area contributed by atoms with Crippen LogP contribution in [0.3, 0.4) is 0 Å². The highest BCUT2D eigenvalue weighted by molar-refractivity contribution is 8.42. The van der Waals surface area contributed by atoms with Crippen molar-refractivity contribution in [3.8, 4) is 0 Å². The fourth-order valence-corrected chi connectivity index (χ4v) is 5.46. The average Bonchev–Trinajstić information content (AvgIpc) is 2.93. The topological polar surface area (TPSA) is 64.9 Å². The molecule has 3 unspecified atom stereocenters. The first-order chi connectivity index (χ1) is 10.3. The summed E-state index contributed by atoms with van der Waals surface area (Å²) in [4.78, 5) is 18.3. The Kier molecular flexibility index (Phi) is 5.47. The molecule has 1 fully saturated rings. The number of amides is 1. The van der Waals surface area contributed by atoms with Crippen LogP contribution < -0.4 is 4.72 Å². The Balaban J connectivity index is 2.01. The Labute approximate surface area is 134 Å². The first-order valence-corrected chi connectivity index (χ1v) is 9.45. The summed E-state index contributed by atoms with van der Waals surface area (Å²) in [6, 6.07) is 0. The Hall–Kier alpha value is -1.11. The van der Waals surface area contributed by atoms with E-state index >= 15 is 0 Å². The zero-order valence-electron chi connectivity index (χ0n) is 13.9. The molecule has 0 aliphatic carbocycles. The molecule has 0 spiro atoms. The van der Waals surface area contributed by atoms with Crippen molar-refractivity contribution in [3.05, 3.63) is 23.3 Å². The molecule has 2 aliphatic rings. The van der Waals surface area contributed by atoms with Gasteiger partial charge in [0.2, 0.25) is 5.91 Å². The van der Waals surface area contributed by atoms with E-state index in [2.05, 4.69) is 40.6 Å². The van der Waals surface area contributed by atoms with Crippen LogP contribution in [0.1, 0.15) is 34.1 Å². The molecule has 22 heavy (non-hydrogen) atoms. The lowest BCUT2D eigenvalue weighted by molar-refractivity contribution is -0.117. The molecule has 2 rings (SSSR count). The van der Waals surface area contributed by atoms with Crippen molar-refractivity contribution < 1.29 is 9.35 Å². The van der Waals surface area contributed by atoms with Gasteiger partial charge in [0, 0.05) is 47.5 Å². The molecule has 1 amide bonds. The molecule has 1 saturated heterocycles. The van der Waals surface area contributed by atoms with Crippen LogP contribution in [0.15, 0.2) is 28.2 Å². The summed E-state index contributed by atoms with van der Waals surface area (Å²) in [6.45, 7) is 10.4. The zero-order chi connectivity index (χ0) is 16.3. The number of allylic oxidation sites excluding steroid dienone is 2. The molecule has 0 saturated carbocycles. The maximum absolute atomic E-state index is 11.4. The molecule has 0 aromatic heterocycles. The van der Waals surface area contributed by atoms with E-state index in [4.69, 9.17) is 0 Å². The van der Waals surface area contributed by atoms with E-state index < -0.39 is 10.5 Å². The van der Waals surface area contributed by atoms with E-state index in [1.54, 1.807) is 5.41 Å². The highest BCUT2D eigenvalue weighted by atomic mass is 32.3. The quantitative estimate of drug-likeness (QED) is 0.763. The van der Waals surface area contributed by atoms with Crippen LogP contribution >= 0.6 is 10.5 Å². The summed E-state index contributed by atoms with van der Waals surface area (Å²) in [7, 11) is -2.41. The highest BCUT2D eigenvalue weighted by Gasteiger charge is 2.35. The summed E-state index contributed by atoms with van der Waals surface area (Å²) in [6.07, 6.45) is 5.57. The third kappa shape index (κ3) is 4.00. The van der Waals surface area contributed by atoms with Crippen LogP contribution in [0.25, 0.3) is 0 Å². The molecule has 2 N–H and O–H groups in total. The summed E-state index contributed by atoms with van der Waals surface area (Å²) in [5, 5.41) is 2.42. The molecular weight excluding hydrogens is 298 g/mol. The van der Waals surface area contributed by atoms with E-state index in [1.165, 1.54) is 13.3 Å². The number of rotatable bonds is 5. The SMILES string of the molecule is C/C=C\C1CCN(CC(C)C2=NC(C)=CS2(O)NC(C)=O)C1. The molecule has 2 aliphatic heterocycles. The van der Waals surface area contributed by atoms with Gasteiger partial charge in [-0.25, -0.2) is 4.99 Å². The average molecular weight is 325 g/mol. The van der Waals surface area contributed by atoms with Crippen molar-refractivity contribution in [2.75, 3.05) is 19.6 Å². The molecule has 0 bridgehead atoms. The molecule has 0 radical (unpaired) electrons. The Morgan fingerprint density at radius 3 is 3.05 bits per heavy atom. The van der Waals surface area contributed by atoms with Crippen LogP contribution in [-0.4, -0.2) is 40.0 Å². The minimum atomic E-state index is -2.41. The first-order valence-electron chi connectivity index (χ1n) is 7.80. The number of aliphatic imine (C=N–C) groups is 1. The molecular formula is C16H27N3O2S. The molecule has 6 heteroatoms. The van der Waals surface area contributed by atoms with Crippen LogP contribution in [0.4, 0.5) is 0 Å². The van der Waals surface area contributed by atoms with Gasteiger partial charge in [0.25, 0.3) is 0 Å². The lowest BCUT2D eigenvalue weighted by atomic mass is 10.1. The van der Waals surface area contributed by atoms with Crippen molar-refractivity contribution in [1.82, 2.24) is 9.62 Å². The van der Waals surface area contributed by atoms with Crippen molar-refractivity contribution in [2.45, 2.75) is 34.1 Å². The highest BCUT2D eigenvalue weighted by Crippen LogP contribution is 2.50. The van der Waals surface area contributed by atoms with E-state index in [1.807, 2.05) is 6.92 Å². The predicted molar refractivity (Wildman–Crippen MR) is 93.8 cm³/mol. The van der Waals surface area contributed by atoms with Crippen LogP contribution in [-0.2, 0) is 4.79 Å². The lowest BCUT2D eigenvalue weighted by Gasteiger charge is -2.33. The smallest absolute Gasteiger partial charge is 0.227 e. The number of hydrogen-bond acceptors (Lipinski definition) is 4.